The number of halogens is 2. The topological polar surface area (TPSA) is 84.9 Å². The number of imide groups is 2. The average Bonchev–Trinajstić information content (AvgIpc) is 2.83. The Bertz CT molecular complexity index is 1350. The lowest BCUT2D eigenvalue weighted by Crippen LogP contribution is -2.54. The summed E-state index contributed by atoms with van der Waals surface area (Å²) in [6.07, 6.45) is 1.40. The number of barbiturate groups is 1. The van der Waals surface area contributed by atoms with Crippen LogP contribution in [0.25, 0.3) is 6.08 Å². The number of anilines is 1. The summed E-state index contributed by atoms with van der Waals surface area (Å²) < 4.78 is 12.3. The molecule has 4 amide bonds. The molecule has 3 aromatic rings. The van der Waals surface area contributed by atoms with Gasteiger partial charge < -0.3 is 9.47 Å². The third kappa shape index (κ3) is 5.39. The van der Waals surface area contributed by atoms with Gasteiger partial charge in [0.05, 0.1) is 12.8 Å². The van der Waals surface area contributed by atoms with Crippen LogP contribution in [-0.2, 0) is 16.2 Å². The predicted molar refractivity (Wildman–Crippen MR) is 137 cm³/mol. The van der Waals surface area contributed by atoms with Crippen molar-refractivity contribution in [2.24, 2.45) is 0 Å². The van der Waals surface area contributed by atoms with Gasteiger partial charge in [-0.3, -0.25) is 14.9 Å². The fourth-order valence-electron chi connectivity index (χ4n) is 3.50. The summed E-state index contributed by atoms with van der Waals surface area (Å²) in [7, 11) is 1.50. The van der Waals surface area contributed by atoms with E-state index in [1.54, 1.807) is 37.3 Å². The van der Waals surface area contributed by atoms with Crippen LogP contribution in [0.2, 0.25) is 5.02 Å². The molecule has 0 atom stereocenters. The van der Waals surface area contributed by atoms with Crippen molar-refractivity contribution in [1.29, 1.82) is 0 Å². The smallest absolute Gasteiger partial charge is 0.335 e. The SMILES string of the molecule is COc1cc(/C=C2\C(=O)NC(=O)N(c3cc(Cl)ccc3C)C2=O)ccc1OCc1ccc(Br)cc1. The van der Waals surface area contributed by atoms with Gasteiger partial charge in [-0.2, -0.15) is 0 Å². The lowest BCUT2D eigenvalue weighted by atomic mass is 10.1. The molecule has 0 unspecified atom stereocenters. The molecule has 1 N–H and O–H groups in total. The van der Waals surface area contributed by atoms with Gasteiger partial charge in [-0.05, 0) is 66.1 Å². The first-order chi connectivity index (χ1) is 16.8. The summed E-state index contributed by atoms with van der Waals surface area (Å²) in [4.78, 5) is 39.1. The molecule has 7 nitrogen and oxygen atoms in total. The number of nitrogens with zero attached hydrogens (tertiary/aromatic N) is 1. The molecule has 1 fully saturated rings. The van der Waals surface area contributed by atoms with E-state index in [1.807, 2.05) is 24.3 Å². The van der Waals surface area contributed by atoms with Gasteiger partial charge in [0.15, 0.2) is 11.5 Å². The molecular formula is C26H20BrClN2O5. The van der Waals surface area contributed by atoms with Crippen LogP contribution in [0.3, 0.4) is 0 Å². The number of rotatable bonds is 6. The predicted octanol–water partition coefficient (Wildman–Crippen LogP) is 5.66. The van der Waals surface area contributed by atoms with Gasteiger partial charge in [-0.25, -0.2) is 9.69 Å². The van der Waals surface area contributed by atoms with Crippen molar-refractivity contribution in [3.63, 3.8) is 0 Å². The molecule has 0 aromatic heterocycles. The Morgan fingerprint density at radius 2 is 1.74 bits per heavy atom. The normalized spacial score (nSPS) is 14.8. The largest absolute Gasteiger partial charge is 0.493 e. The number of aryl methyl sites for hydroxylation is 1. The second-order valence-electron chi connectivity index (χ2n) is 7.71. The number of hydrogen-bond acceptors (Lipinski definition) is 5. The standard InChI is InChI=1S/C26H20BrClN2O5/c1-15-3-9-19(28)13-21(15)30-25(32)20(24(31)29-26(30)33)11-17-6-10-22(23(12-17)34-2)35-14-16-4-7-18(27)8-5-16/h3-13H,14H2,1-2H3,(H,29,31,33)/b20-11+. The van der Waals surface area contributed by atoms with Crippen LogP contribution in [0.1, 0.15) is 16.7 Å². The van der Waals surface area contributed by atoms with Crippen LogP contribution in [0.4, 0.5) is 10.5 Å². The number of urea groups is 1. The van der Waals surface area contributed by atoms with Crippen LogP contribution >= 0.6 is 27.5 Å². The minimum absolute atomic E-state index is 0.199. The molecule has 9 heteroatoms. The van der Waals surface area contributed by atoms with E-state index in [0.717, 1.165) is 14.9 Å². The number of benzene rings is 3. The Hall–Kier alpha value is -3.62. The summed E-state index contributed by atoms with van der Waals surface area (Å²) in [6, 6.07) is 16.8. The van der Waals surface area contributed by atoms with Gasteiger partial charge in [-0.15, -0.1) is 0 Å². The monoisotopic (exact) mass is 554 g/mol. The molecule has 1 saturated heterocycles. The van der Waals surface area contributed by atoms with Gasteiger partial charge in [0.2, 0.25) is 0 Å². The van der Waals surface area contributed by atoms with Crippen molar-refractivity contribution in [2.45, 2.75) is 13.5 Å². The summed E-state index contributed by atoms with van der Waals surface area (Å²) in [5.41, 5.74) is 2.25. The van der Waals surface area contributed by atoms with Gasteiger partial charge in [-0.1, -0.05) is 51.8 Å². The number of amides is 4. The van der Waals surface area contributed by atoms with E-state index in [0.29, 0.717) is 39.9 Å². The molecule has 178 valence electrons. The quantitative estimate of drug-likeness (QED) is 0.313. The van der Waals surface area contributed by atoms with Gasteiger partial charge in [0, 0.05) is 9.50 Å². The molecule has 0 bridgehead atoms. The number of carbonyl (C=O) groups is 3. The summed E-state index contributed by atoms with van der Waals surface area (Å²) in [6.45, 7) is 2.07. The van der Waals surface area contributed by atoms with Crippen LogP contribution < -0.4 is 19.7 Å². The summed E-state index contributed by atoms with van der Waals surface area (Å²) >= 11 is 9.47. The maximum atomic E-state index is 13.2. The zero-order valence-corrected chi connectivity index (χ0v) is 21.1. The van der Waals surface area contributed by atoms with Crippen molar-refractivity contribution in [3.8, 4) is 11.5 Å². The lowest BCUT2D eigenvalue weighted by Gasteiger charge is -2.27. The first-order valence-corrected chi connectivity index (χ1v) is 11.7. The van der Waals surface area contributed by atoms with Crippen molar-refractivity contribution in [3.05, 3.63) is 92.4 Å². The number of hydrogen-bond donors (Lipinski definition) is 1. The van der Waals surface area contributed by atoms with Crippen molar-refractivity contribution in [2.75, 3.05) is 12.0 Å². The molecule has 35 heavy (non-hydrogen) atoms. The Morgan fingerprint density at radius 1 is 1.00 bits per heavy atom. The number of ether oxygens (including phenoxy) is 2. The van der Waals surface area contributed by atoms with Crippen molar-refractivity contribution in [1.82, 2.24) is 5.32 Å². The third-order valence-corrected chi connectivity index (χ3v) is 6.08. The molecule has 4 rings (SSSR count). The second-order valence-corrected chi connectivity index (χ2v) is 9.07. The van der Waals surface area contributed by atoms with Crippen LogP contribution in [0, 0.1) is 6.92 Å². The minimum Gasteiger partial charge on any atom is -0.493 e. The number of carbonyl (C=O) groups excluding carboxylic acids is 3. The van der Waals surface area contributed by atoms with E-state index < -0.39 is 17.8 Å². The molecule has 0 radical (unpaired) electrons. The highest BCUT2D eigenvalue weighted by Crippen LogP contribution is 2.31. The van der Waals surface area contributed by atoms with E-state index in [-0.39, 0.29) is 5.57 Å². The highest BCUT2D eigenvalue weighted by atomic mass is 79.9. The zero-order valence-electron chi connectivity index (χ0n) is 18.8. The minimum atomic E-state index is -0.836. The summed E-state index contributed by atoms with van der Waals surface area (Å²) in [5, 5.41) is 2.57. The van der Waals surface area contributed by atoms with E-state index >= 15 is 0 Å². The Kier molecular flexibility index (Phi) is 7.23. The lowest BCUT2D eigenvalue weighted by molar-refractivity contribution is -0.122. The maximum Gasteiger partial charge on any atom is 0.335 e. The summed E-state index contributed by atoms with van der Waals surface area (Å²) in [5.74, 6) is -0.605. The third-order valence-electron chi connectivity index (χ3n) is 5.32. The molecule has 0 saturated carbocycles. The molecule has 1 heterocycles. The van der Waals surface area contributed by atoms with Crippen LogP contribution in [0.5, 0.6) is 11.5 Å². The Morgan fingerprint density at radius 3 is 2.46 bits per heavy atom. The fourth-order valence-corrected chi connectivity index (χ4v) is 3.93. The number of nitrogens with one attached hydrogen (secondary N) is 1. The Balaban J connectivity index is 1.61. The van der Waals surface area contributed by atoms with Gasteiger partial charge in [0.1, 0.15) is 12.2 Å². The van der Waals surface area contributed by atoms with E-state index in [1.165, 1.54) is 19.3 Å². The Labute approximate surface area is 215 Å². The van der Waals surface area contributed by atoms with Gasteiger partial charge >= 0.3 is 6.03 Å². The van der Waals surface area contributed by atoms with Crippen LogP contribution in [0.15, 0.2) is 70.7 Å². The second kappa shape index (κ2) is 10.3. The van der Waals surface area contributed by atoms with Gasteiger partial charge in [0.25, 0.3) is 11.8 Å². The van der Waals surface area contributed by atoms with Crippen molar-refractivity contribution < 1.29 is 23.9 Å². The fraction of sp³-hybridized carbons (Fsp3) is 0.115. The molecule has 0 aliphatic carbocycles. The first kappa shape index (κ1) is 24.5. The average molecular weight is 556 g/mol. The molecule has 0 spiro atoms. The van der Waals surface area contributed by atoms with Crippen molar-refractivity contribution >= 4 is 57.1 Å². The molecular weight excluding hydrogens is 536 g/mol. The molecule has 1 aliphatic rings. The van der Waals surface area contributed by atoms with E-state index in [9.17, 15) is 14.4 Å². The molecule has 1 aliphatic heterocycles. The molecule has 3 aromatic carbocycles. The van der Waals surface area contributed by atoms with E-state index in [2.05, 4.69) is 21.2 Å². The maximum absolute atomic E-state index is 13.2. The highest BCUT2D eigenvalue weighted by Gasteiger charge is 2.37. The highest BCUT2D eigenvalue weighted by molar-refractivity contribution is 9.10. The van der Waals surface area contributed by atoms with E-state index in [4.69, 9.17) is 21.1 Å². The number of methoxy groups -OCH3 is 1. The van der Waals surface area contributed by atoms with Crippen LogP contribution in [-0.4, -0.2) is 25.0 Å². The zero-order chi connectivity index (χ0) is 25.1. The first-order valence-electron chi connectivity index (χ1n) is 10.5.